The third-order valence-electron chi connectivity index (χ3n) is 3.49. The van der Waals surface area contributed by atoms with E-state index in [1.807, 2.05) is 36.1 Å². The van der Waals surface area contributed by atoms with Crippen LogP contribution in [0.25, 0.3) is 10.9 Å². The summed E-state index contributed by atoms with van der Waals surface area (Å²) in [6.07, 6.45) is 0. The van der Waals surface area contributed by atoms with Crippen molar-refractivity contribution >= 4 is 45.0 Å². The Morgan fingerprint density at radius 3 is 2.83 bits per heavy atom. The molecule has 0 amide bonds. The van der Waals surface area contributed by atoms with Crippen molar-refractivity contribution < 1.29 is 4.39 Å². The van der Waals surface area contributed by atoms with Crippen LogP contribution >= 0.6 is 22.6 Å². The second-order valence-electron chi connectivity index (χ2n) is 4.93. The number of hydrogen-bond donors (Lipinski definition) is 2. The Morgan fingerprint density at radius 2 is 2.13 bits per heavy atom. The lowest BCUT2D eigenvalue weighted by Gasteiger charge is -2.23. The van der Waals surface area contributed by atoms with Crippen LogP contribution in [0.4, 0.5) is 15.9 Å². The minimum Gasteiger partial charge on any atom is -0.326 e. The number of aromatic amines is 1. The second-order valence-corrected chi connectivity index (χ2v) is 6.17. The summed E-state index contributed by atoms with van der Waals surface area (Å²) >= 11 is 2.26. The zero-order chi connectivity index (χ0) is 16.4. The van der Waals surface area contributed by atoms with Crippen LogP contribution < -0.4 is 16.4 Å². The lowest BCUT2D eigenvalue weighted by molar-refractivity contribution is 0.629. The van der Waals surface area contributed by atoms with Gasteiger partial charge in [-0.2, -0.15) is 4.98 Å². The van der Waals surface area contributed by atoms with Gasteiger partial charge in [0.1, 0.15) is 11.6 Å². The molecule has 0 unspecified atom stereocenters. The van der Waals surface area contributed by atoms with Gasteiger partial charge in [-0.25, -0.2) is 4.39 Å². The number of H-pyrrole nitrogens is 1. The molecule has 0 atom stereocenters. The van der Waals surface area contributed by atoms with Gasteiger partial charge in [0.05, 0.1) is 5.52 Å². The predicted octanol–water partition coefficient (Wildman–Crippen LogP) is 3.24. The molecule has 7 heteroatoms. The van der Waals surface area contributed by atoms with Crippen molar-refractivity contribution in [2.24, 2.45) is 10.9 Å². The Bertz CT molecular complexity index is 922. The summed E-state index contributed by atoms with van der Waals surface area (Å²) < 4.78 is 14.8. The Hall–Kier alpha value is -2.16. The number of benzene rings is 2. The number of nitrogens with zero attached hydrogens (tertiary/aromatic N) is 3. The maximum absolute atomic E-state index is 13.7. The number of nitrogens with one attached hydrogen (secondary N) is 1. The molecule has 118 valence electrons. The number of fused-ring (bicyclic) bond motifs is 1. The van der Waals surface area contributed by atoms with Crippen molar-refractivity contribution in [2.75, 3.05) is 11.4 Å². The van der Waals surface area contributed by atoms with Gasteiger partial charge in [-0.3, -0.25) is 0 Å². The van der Waals surface area contributed by atoms with E-state index in [4.69, 9.17) is 5.84 Å². The second kappa shape index (κ2) is 6.53. The maximum Gasteiger partial charge on any atom is 0.246 e. The van der Waals surface area contributed by atoms with Gasteiger partial charge in [-0.1, -0.05) is 6.07 Å². The molecule has 0 aliphatic heterocycles. The van der Waals surface area contributed by atoms with Gasteiger partial charge in [-0.05, 0) is 65.9 Å². The van der Waals surface area contributed by atoms with Gasteiger partial charge in [0.15, 0.2) is 0 Å². The van der Waals surface area contributed by atoms with Crippen molar-refractivity contribution in [1.82, 2.24) is 9.97 Å². The van der Waals surface area contributed by atoms with Gasteiger partial charge in [0.25, 0.3) is 0 Å². The molecule has 0 aliphatic rings. The van der Waals surface area contributed by atoms with Crippen molar-refractivity contribution in [3.05, 3.63) is 57.5 Å². The van der Waals surface area contributed by atoms with Crippen LogP contribution in [0.3, 0.4) is 0 Å². The highest BCUT2D eigenvalue weighted by atomic mass is 127. The molecular formula is C16H15FIN5. The van der Waals surface area contributed by atoms with E-state index >= 15 is 0 Å². The number of rotatable bonds is 3. The van der Waals surface area contributed by atoms with Crippen LogP contribution in [0, 0.1) is 9.39 Å². The standard InChI is InChI=1S/C16H15FIN5/c1-2-23(12-5-3-4-11(18)9-12)15-13-8-10(17)6-7-14(13)20-16(21-15)22-19/h3-9H,2,19H2,1H3,(H,20,21,22). The number of halogens is 2. The van der Waals surface area contributed by atoms with Crippen LogP contribution in [0.2, 0.25) is 0 Å². The van der Waals surface area contributed by atoms with Gasteiger partial charge in [0.2, 0.25) is 5.62 Å². The fourth-order valence-electron chi connectivity index (χ4n) is 2.48. The van der Waals surface area contributed by atoms with E-state index in [1.54, 1.807) is 6.07 Å². The van der Waals surface area contributed by atoms with Gasteiger partial charge < -0.3 is 15.7 Å². The summed E-state index contributed by atoms with van der Waals surface area (Å²) in [6.45, 7) is 2.69. The average molecular weight is 423 g/mol. The molecule has 5 nitrogen and oxygen atoms in total. The normalized spacial score (nSPS) is 11.9. The summed E-state index contributed by atoms with van der Waals surface area (Å²) in [7, 11) is 0. The van der Waals surface area contributed by atoms with Crippen molar-refractivity contribution in [2.45, 2.75) is 6.92 Å². The van der Waals surface area contributed by atoms with E-state index in [9.17, 15) is 4.39 Å². The monoisotopic (exact) mass is 423 g/mol. The van der Waals surface area contributed by atoms with E-state index in [2.05, 4.69) is 37.7 Å². The third kappa shape index (κ3) is 3.14. The fraction of sp³-hybridized carbons (Fsp3) is 0.125. The molecule has 0 saturated heterocycles. The van der Waals surface area contributed by atoms with Crippen LogP contribution in [-0.2, 0) is 0 Å². The first-order valence-corrected chi connectivity index (χ1v) is 8.17. The Kier molecular flexibility index (Phi) is 4.46. The van der Waals surface area contributed by atoms with Crippen LogP contribution in [0.1, 0.15) is 6.92 Å². The SMILES string of the molecule is CCN(c1cccc(I)c1)c1n/c(=N/N)[nH]c2ccc(F)cc12. The van der Waals surface area contributed by atoms with Crippen molar-refractivity contribution in [3.63, 3.8) is 0 Å². The molecule has 3 rings (SSSR count). The summed E-state index contributed by atoms with van der Waals surface area (Å²) in [6, 6.07) is 12.6. The van der Waals surface area contributed by atoms with Crippen LogP contribution in [0.15, 0.2) is 47.6 Å². The van der Waals surface area contributed by atoms with E-state index < -0.39 is 0 Å². The Balaban J connectivity index is 2.29. The Labute approximate surface area is 146 Å². The van der Waals surface area contributed by atoms with Crippen LogP contribution in [0.5, 0.6) is 0 Å². The summed E-state index contributed by atoms with van der Waals surface area (Å²) in [4.78, 5) is 9.44. The first kappa shape index (κ1) is 15.7. The highest BCUT2D eigenvalue weighted by Gasteiger charge is 2.14. The van der Waals surface area contributed by atoms with Crippen LogP contribution in [-0.4, -0.2) is 16.5 Å². The van der Waals surface area contributed by atoms with E-state index in [0.717, 1.165) is 14.8 Å². The Morgan fingerprint density at radius 1 is 1.30 bits per heavy atom. The highest BCUT2D eigenvalue weighted by Crippen LogP contribution is 2.29. The predicted molar refractivity (Wildman–Crippen MR) is 97.6 cm³/mol. The third-order valence-corrected chi connectivity index (χ3v) is 4.17. The molecule has 0 saturated carbocycles. The number of anilines is 2. The molecular weight excluding hydrogens is 408 g/mol. The molecule has 0 aliphatic carbocycles. The maximum atomic E-state index is 13.7. The summed E-state index contributed by atoms with van der Waals surface area (Å²) in [5.41, 5.74) is 2.00. The summed E-state index contributed by atoms with van der Waals surface area (Å²) in [5.74, 6) is 5.68. The van der Waals surface area contributed by atoms with E-state index in [-0.39, 0.29) is 5.82 Å². The molecule has 0 spiro atoms. The number of aromatic nitrogens is 2. The largest absolute Gasteiger partial charge is 0.326 e. The minimum atomic E-state index is -0.315. The minimum absolute atomic E-state index is 0.295. The van der Waals surface area contributed by atoms with Gasteiger partial charge in [-0.15, -0.1) is 5.10 Å². The van der Waals surface area contributed by atoms with Gasteiger partial charge >= 0.3 is 0 Å². The molecule has 3 N–H and O–H groups in total. The number of nitrogens with two attached hydrogens (primary N) is 1. The smallest absolute Gasteiger partial charge is 0.246 e. The molecule has 1 heterocycles. The zero-order valence-electron chi connectivity index (χ0n) is 12.4. The average Bonchev–Trinajstić information content (AvgIpc) is 2.55. The van der Waals surface area contributed by atoms with Crippen molar-refractivity contribution in [1.29, 1.82) is 0 Å². The molecule has 2 aromatic carbocycles. The first-order valence-electron chi connectivity index (χ1n) is 7.09. The quantitative estimate of drug-likeness (QED) is 0.386. The van der Waals surface area contributed by atoms with E-state index in [0.29, 0.717) is 23.4 Å². The summed E-state index contributed by atoms with van der Waals surface area (Å²) in [5, 5.41) is 4.32. The lowest BCUT2D eigenvalue weighted by atomic mass is 10.2. The molecule has 0 radical (unpaired) electrons. The molecule has 0 bridgehead atoms. The highest BCUT2D eigenvalue weighted by molar-refractivity contribution is 14.1. The lowest BCUT2D eigenvalue weighted by Crippen LogP contribution is -2.24. The topological polar surface area (TPSA) is 70.3 Å². The molecule has 0 fully saturated rings. The molecule has 1 aromatic heterocycles. The number of hydrogen-bond acceptors (Lipinski definition) is 4. The van der Waals surface area contributed by atoms with E-state index in [1.165, 1.54) is 12.1 Å². The molecule has 3 aromatic rings. The van der Waals surface area contributed by atoms with Gasteiger partial charge in [0, 0.05) is 21.2 Å². The van der Waals surface area contributed by atoms with Crippen molar-refractivity contribution in [3.8, 4) is 0 Å². The molecule has 23 heavy (non-hydrogen) atoms. The fourth-order valence-corrected chi connectivity index (χ4v) is 3.01. The zero-order valence-corrected chi connectivity index (χ0v) is 14.6. The first-order chi connectivity index (χ1) is 11.1.